The third kappa shape index (κ3) is 5.97. The van der Waals surface area contributed by atoms with Gasteiger partial charge in [-0.15, -0.1) is 0 Å². The molecular weight excluding hydrogens is 400 g/mol. The van der Waals surface area contributed by atoms with E-state index >= 15 is 0 Å². The fourth-order valence-electron chi connectivity index (χ4n) is 3.72. The summed E-state index contributed by atoms with van der Waals surface area (Å²) in [4.78, 5) is 2.72. The summed E-state index contributed by atoms with van der Waals surface area (Å²) in [6, 6.07) is 15.0. The standard InChI is InChI=1S/C23H32N2O4S/c1-24(2)30(26,27)23-10-8-22(9-11-23)29-17-16-25-14-12-20(13-15-25)18-19-4-6-21(28-3)7-5-19/h4-11,20H,12-18H2,1-3H3. The third-order valence-corrected chi connectivity index (χ3v) is 7.50. The van der Waals surface area contributed by atoms with Crippen molar-refractivity contribution in [1.82, 2.24) is 9.21 Å². The second-order valence-electron chi connectivity index (χ2n) is 7.94. The molecule has 1 aliphatic heterocycles. The molecule has 0 atom stereocenters. The fraction of sp³-hybridized carbons (Fsp3) is 0.478. The maximum atomic E-state index is 12.1. The first kappa shape index (κ1) is 22.6. The fourth-order valence-corrected chi connectivity index (χ4v) is 4.62. The first-order valence-corrected chi connectivity index (χ1v) is 11.8. The highest BCUT2D eigenvalue weighted by Gasteiger charge is 2.20. The smallest absolute Gasteiger partial charge is 0.242 e. The summed E-state index contributed by atoms with van der Waals surface area (Å²) < 4.78 is 36.5. The molecule has 7 heteroatoms. The second kappa shape index (κ2) is 10.3. The number of sulfonamides is 1. The van der Waals surface area contributed by atoms with Crippen LogP contribution in [-0.4, -0.2) is 65.1 Å². The van der Waals surface area contributed by atoms with Gasteiger partial charge in [0, 0.05) is 20.6 Å². The Morgan fingerprint density at radius 3 is 2.13 bits per heavy atom. The Morgan fingerprint density at radius 1 is 0.967 bits per heavy atom. The van der Waals surface area contributed by atoms with Gasteiger partial charge in [0.1, 0.15) is 18.1 Å². The van der Waals surface area contributed by atoms with Crippen molar-refractivity contribution in [2.75, 3.05) is 47.4 Å². The van der Waals surface area contributed by atoms with E-state index in [4.69, 9.17) is 9.47 Å². The molecule has 6 nitrogen and oxygen atoms in total. The summed E-state index contributed by atoms with van der Waals surface area (Å²) in [5.74, 6) is 2.33. The summed E-state index contributed by atoms with van der Waals surface area (Å²) in [6.07, 6.45) is 3.52. The Labute approximate surface area is 180 Å². The third-order valence-electron chi connectivity index (χ3n) is 5.67. The van der Waals surface area contributed by atoms with Crippen molar-refractivity contribution in [3.8, 4) is 11.5 Å². The van der Waals surface area contributed by atoms with Gasteiger partial charge < -0.3 is 9.47 Å². The Kier molecular flexibility index (Phi) is 7.75. The SMILES string of the molecule is COc1ccc(CC2CCN(CCOc3ccc(S(=O)(=O)N(C)C)cc3)CC2)cc1. The van der Waals surface area contributed by atoms with Gasteiger partial charge in [-0.1, -0.05) is 12.1 Å². The number of methoxy groups -OCH3 is 1. The van der Waals surface area contributed by atoms with Crippen molar-refractivity contribution in [3.05, 3.63) is 54.1 Å². The van der Waals surface area contributed by atoms with Crippen molar-refractivity contribution < 1.29 is 17.9 Å². The van der Waals surface area contributed by atoms with Gasteiger partial charge in [-0.2, -0.15) is 0 Å². The molecular formula is C23H32N2O4S. The highest BCUT2D eigenvalue weighted by molar-refractivity contribution is 7.89. The molecule has 1 saturated heterocycles. The normalized spacial score (nSPS) is 16.0. The first-order chi connectivity index (χ1) is 14.4. The van der Waals surface area contributed by atoms with E-state index in [1.165, 1.54) is 36.8 Å². The lowest BCUT2D eigenvalue weighted by Gasteiger charge is -2.32. The number of hydrogen-bond acceptors (Lipinski definition) is 5. The molecule has 2 aromatic rings. The van der Waals surface area contributed by atoms with Gasteiger partial charge in [0.05, 0.1) is 12.0 Å². The highest BCUT2D eigenvalue weighted by atomic mass is 32.2. The van der Waals surface area contributed by atoms with Gasteiger partial charge in [-0.3, -0.25) is 4.90 Å². The zero-order valence-corrected chi connectivity index (χ0v) is 18.9. The van der Waals surface area contributed by atoms with Gasteiger partial charge in [-0.25, -0.2) is 12.7 Å². The number of ether oxygens (including phenoxy) is 2. The van der Waals surface area contributed by atoms with E-state index in [1.54, 1.807) is 31.4 Å². The van der Waals surface area contributed by atoms with Crippen LogP contribution in [0.4, 0.5) is 0 Å². The van der Waals surface area contributed by atoms with Crippen LogP contribution in [0.25, 0.3) is 0 Å². The molecule has 0 amide bonds. The van der Waals surface area contributed by atoms with Crippen LogP contribution >= 0.6 is 0 Å². The number of benzene rings is 2. The second-order valence-corrected chi connectivity index (χ2v) is 10.1. The molecule has 0 aliphatic carbocycles. The summed E-state index contributed by atoms with van der Waals surface area (Å²) in [7, 11) is 1.35. The van der Waals surface area contributed by atoms with Crippen LogP contribution in [0.1, 0.15) is 18.4 Å². The molecule has 3 rings (SSSR count). The van der Waals surface area contributed by atoms with E-state index < -0.39 is 10.0 Å². The average molecular weight is 433 g/mol. The molecule has 0 N–H and O–H groups in total. The largest absolute Gasteiger partial charge is 0.497 e. The van der Waals surface area contributed by atoms with Crippen LogP contribution in [0.2, 0.25) is 0 Å². The number of rotatable bonds is 9. The predicted octanol–water partition coefficient (Wildman–Crippen LogP) is 3.28. The van der Waals surface area contributed by atoms with Crippen LogP contribution in [0.5, 0.6) is 11.5 Å². The predicted molar refractivity (Wildman–Crippen MR) is 119 cm³/mol. The van der Waals surface area contributed by atoms with Crippen LogP contribution in [0.15, 0.2) is 53.4 Å². The highest BCUT2D eigenvalue weighted by Crippen LogP contribution is 2.23. The molecule has 1 aliphatic rings. The van der Waals surface area contributed by atoms with Crippen molar-refractivity contribution in [3.63, 3.8) is 0 Å². The minimum absolute atomic E-state index is 0.277. The number of likely N-dealkylation sites (tertiary alicyclic amines) is 1. The average Bonchev–Trinajstić information content (AvgIpc) is 2.76. The van der Waals surface area contributed by atoms with Crippen LogP contribution < -0.4 is 9.47 Å². The molecule has 0 aromatic heterocycles. The maximum absolute atomic E-state index is 12.1. The lowest BCUT2D eigenvalue weighted by atomic mass is 9.90. The Bertz CT molecular complexity index is 888. The molecule has 0 unspecified atom stereocenters. The van der Waals surface area contributed by atoms with Gasteiger partial charge in [-0.05, 0) is 80.2 Å². The maximum Gasteiger partial charge on any atom is 0.242 e. The van der Waals surface area contributed by atoms with E-state index in [2.05, 4.69) is 17.0 Å². The molecule has 0 spiro atoms. The number of nitrogens with zero attached hydrogens (tertiary/aromatic N) is 2. The lowest BCUT2D eigenvalue weighted by Crippen LogP contribution is -2.37. The summed E-state index contributed by atoms with van der Waals surface area (Å²) in [6.45, 7) is 3.66. The molecule has 30 heavy (non-hydrogen) atoms. The molecule has 1 heterocycles. The van der Waals surface area contributed by atoms with Crippen molar-refractivity contribution >= 4 is 10.0 Å². The minimum atomic E-state index is -3.40. The first-order valence-electron chi connectivity index (χ1n) is 10.4. The molecule has 0 bridgehead atoms. The topological polar surface area (TPSA) is 59.1 Å². The van der Waals surface area contributed by atoms with E-state index in [-0.39, 0.29) is 4.90 Å². The zero-order valence-electron chi connectivity index (χ0n) is 18.1. The monoisotopic (exact) mass is 432 g/mol. The van der Waals surface area contributed by atoms with Crippen LogP contribution in [0, 0.1) is 5.92 Å². The summed E-state index contributed by atoms with van der Waals surface area (Å²) >= 11 is 0. The number of piperidine rings is 1. The zero-order chi connectivity index (χ0) is 21.6. The Morgan fingerprint density at radius 2 is 1.57 bits per heavy atom. The summed E-state index contributed by atoms with van der Waals surface area (Å²) in [5.41, 5.74) is 1.37. The van der Waals surface area contributed by atoms with E-state index in [1.807, 2.05) is 12.1 Å². The molecule has 164 valence electrons. The van der Waals surface area contributed by atoms with Crippen molar-refractivity contribution in [2.45, 2.75) is 24.2 Å². The molecule has 1 fully saturated rings. The van der Waals surface area contributed by atoms with E-state index in [9.17, 15) is 8.42 Å². The molecule has 2 aromatic carbocycles. The van der Waals surface area contributed by atoms with Gasteiger partial charge in [0.2, 0.25) is 10.0 Å². The van der Waals surface area contributed by atoms with E-state index in [0.29, 0.717) is 12.4 Å². The minimum Gasteiger partial charge on any atom is -0.497 e. The van der Waals surface area contributed by atoms with Crippen LogP contribution in [-0.2, 0) is 16.4 Å². The van der Waals surface area contributed by atoms with Gasteiger partial charge in [0.25, 0.3) is 0 Å². The van der Waals surface area contributed by atoms with Gasteiger partial charge >= 0.3 is 0 Å². The molecule has 0 radical (unpaired) electrons. The number of hydrogen-bond donors (Lipinski definition) is 0. The summed E-state index contributed by atoms with van der Waals surface area (Å²) in [5, 5.41) is 0. The van der Waals surface area contributed by atoms with Gasteiger partial charge in [0.15, 0.2) is 0 Å². The Balaban J connectivity index is 1.38. The molecule has 0 saturated carbocycles. The quantitative estimate of drug-likeness (QED) is 0.609. The van der Waals surface area contributed by atoms with E-state index in [0.717, 1.165) is 37.7 Å². The van der Waals surface area contributed by atoms with Crippen molar-refractivity contribution in [1.29, 1.82) is 0 Å². The lowest BCUT2D eigenvalue weighted by molar-refractivity contribution is 0.155. The Hall–Kier alpha value is -2.09. The van der Waals surface area contributed by atoms with Crippen LogP contribution in [0.3, 0.4) is 0 Å². The van der Waals surface area contributed by atoms with Crippen molar-refractivity contribution in [2.24, 2.45) is 5.92 Å².